The standard InChI is InChI=1S/C14H14N2O5/c17-11-6-21-10-4-3-8(5-9(10)15-11)13(18)16-12(14(19)20)7-1-2-7/h3-5,7,12H,1-2,6H2,(H,15,17)(H,16,18)(H,19,20). The molecule has 0 radical (unpaired) electrons. The summed E-state index contributed by atoms with van der Waals surface area (Å²) in [6, 6.07) is 3.74. The number of carbonyl (C=O) groups is 3. The van der Waals surface area contributed by atoms with Gasteiger partial charge < -0.3 is 20.5 Å². The molecule has 2 aliphatic rings. The minimum Gasteiger partial charge on any atom is -0.482 e. The monoisotopic (exact) mass is 290 g/mol. The highest BCUT2D eigenvalue weighted by Gasteiger charge is 2.37. The fraction of sp³-hybridized carbons (Fsp3) is 0.357. The van der Waals surface area contributed by atoms with Gasteiger partial charge in [0.1, 0.15) is 11.8 Å². The van der Waals surface area contributed by atoms with Crippen LogP contribution in [0, 0.1) is 5.92 Å². The van der Waals surface area contributed by atoms with Gasteiger partial charge in [-0.2, -0.15) is 0 Å². The van der Waals surface area contributed by atoms with Gasteiger partial charge in [-0.05, 0) is 37.0 Å². The Bertz CT molecular complexity index is 624. The summed E-state index contributed by atoms with van der Waals surface area (Å²) in [6.45, 7) is -0.0543. The number of fused-ring (bicyclic) bond motifs is 1. The first-order chi connectivity index (χ1) is 10.0. The minimum atomic E-state index is -1.03. The third kappa shape index (κ3) is 2.81. The Morgan fingerprint density at radius 1 is 1.38 bits per heavy atom. The van der Waals surface area contributed by atoms with Gasteiger partial charge in [0.25, 0.3) is 11.8 Å². The minimum absolute atomic E-state index is 0.00659. The zero-order valence-corrected chi connectivity index (χ0v) is 11.1. The molecule has 1 heterocycles. The Morgan fingerprint density at radius 3 is 2.81 bits per heavy atom. The van der Waals surface area contributed by atoms with Crippen LogP contribution in [0.3, 0.4) is 0 Å². The molecule has 7 nitrogen and oxygen atoms in total. The number of carboxylic acids is 1. The Kier molecular flexibility index (Phi) is 3.25. The van der Waals surface area contributed by atoms with Crippen molar-refractivity contribution >= 4 is 23.5 Å². The van der Waals surface area contributed by atoms with Gasteiger partial charge >= 0.3 is 5.97 Å². The molecule has 0 saturated heterocycles. The quantitative estimate of drug-likeness (QED) is 0.753. The van der Waals surface area contributed by atoms with Gasteiger partial charge in [0.05, 0.1) is 5.69 Å². The van der Waals surface area contributed by atoms with Gasteiger partial charge in [0, 0.05) is 5.56 Å². The van der Waals surface area contributed by atoms with Crippen LogP contribution in [-0.4, -0.2) is 35.5 Å². The molecule has 1 unspecified atom stereocenters. The summed E-state index contributed by atoms with van der Waals surface area (Å²) in [5.74, 6) is -1.30. The zero-order chi connectivity index (χ0) is 15.0. The lowest BCUT2D eigenvalue weighted by Crippen LogP contribution is -2.42. The molecule has 3 N–H and O–H groups in total. The van der Waals surface area contributed by atoms with Crippen molar-refractivity contribution in [2.24, 2.45) is 5.92 Å². The summed E-state index contributed by atoms with van der Waals surface area (Å²) in [5, 5.41) is 14.2. The van der Waals surface area contributed by atoms with E-state index in [4.69, 9.17) is 9.84 Å². The second-order valence-electron chi connectivity index (χ2n) is 5.17. The van der Waals surface area contributed by atoms with Crippen molar-refractivity contribution in [2.75, 3.05) is 11.9 Å². The Morgan fingerprint density at radius 2 is 2.14 bits per heavy atom. The lowest BCUT2D eigenvalue weighted by atomic mass is 10.1. The summed E-state index contributed by atoms with van der Waals surface area (Å²) >= 11 is 0. The van der Waals surface area contributed by atoms with E-state index in [1.807, 2.05) is 0 Å². The van der Waals surface area contributed by atoms with Crippen LogP contribution in [-0.2, 0) is 9.59 Å². The first kappa shape index (κ1) is 13.4. The van der Waals surface area contributed by atoms with Crippen LogP contribution >= 0.6 is 0 Å². The van der Waals surface area contributed by atoms with E-state index in [0.29, 0.717) is 11.4 Å². The number of carbonyl (C=O) groups excluding carboxylic acids is 2. The van der Waals surface area contributed by atoms with Crippen LogP contribution < -0.4 is 15.4 Å². The molecule has 21 heavy (non-hydrogen) atoms. The van der Waals surface area contributed by atoms with E-state index in [9.17, 15) is 14.4 Å². The molecule has 1 saturated carbocycles. The smallest absolute Gasteiger partial charge is 0.326 e. The molecule has 1 aromatic rings. The van der Waals surface area contributed by atoms with E-state index in [0.717, 1.165) is 12.8 Å². The Balaban J connectivity index is 1.77. The molecule has 0 bridgehead atoms. The van der Waals surface area contributed by atoms with E-state index in [1.165, 1.54) is 12.1 Å². The van der Waals surface area contributed by atoms with Crippen molar-refractivity contribution in [1.29, 1.82) is 0 Å². The van der Waals surface area contributed by atoms with Crippen LogP contribution in [0.2, 0.25) is 0 Å². The van der Waals surface area contributed by atoms with Gasteiger partial charge in [0.15, 0.2) is 6.61 Å². The summed E-state index contributed by atoms with van der Waals surface area (Å²) < 4.78 is 5.20. The first-order valence-corrected chi connectivity index (χ1v) is 6.65. The maximum absolute atomic E-state index is 12.1. The van der Waals surface area contributed by atoms with E-state index >= 15 is 0 Å². The van der Waals surface area contributed by atoms with Crippen LogP contribution in [0.25, 0.3) is 0 Å². The van der Waals surface area contributed by atoms with Crippen LogP contribution in [0.1, 0.15) is 23.2 Å². The Hall–Kier alpha value is -2.57. The van der Waals surface area contributed by atoms with E-state index < -0.39 is 17.9 Å². The number of aliphatic carboxylic acids is 1. The predicted octanol–water partition coefficient (Wildman–Crippen LogP) is 0.610. The van der Waals surface area contributed by atoms with Crippen molar-refractivity contribution in [2.45, 2.75) is 18.9 Å². The number of hydrogen-bond acceptors (Lipinski definition) is 4. The van der Waals surface area contributed by atoms with Gasteiger partial charge in [-0.15, -0.1) is 0 Å². The van der Waals surface area contributed by atoms with Gasteiger partial charge in [-0.1, -0.05) is 0 Å². The molecular weight excluding hydrogens is 276 g/mol. The molecule has 3 rings (SSSR count). The van der Waals surface area contributed by atoms with Crippen LogP contribution in [0.4, 0.5) is 5.69 Å². The molecule has 110 valence electrons. The summed E-state index contributed by atoms with van der Waals surface area (Å²) in [7, 11) is 0. The third-order valence-electron chi connectivity index (χ3n) is 3.52. The summed E-state index contributed by atoms with van der Waals surface area (Å²) in [5.41, 5.74) is 0.698. The average Bonchev–Trinajstić information content (AvgIpc) is 3.27. The van der Waals surface area contributed by atoms with Crippen molar-refractivity contribution in [3.8, 4) is 5.75 Å². The van der Waals surface area contributed by atoms with Crippen molar-refractivity contribution < 1.29 is 24.2 Å². The zero-order valence-electron chi connectivity index (χ0n) is 11.1. The number of hydrogen-bond donors (Lipinski definition) is 3. The number of anilines is 1. The summed E-state index contributed by atoms with van der Waals surface area (Å²) in [6.07, 6.45) is 1.62. The number of nitrogens with one attached hydrogen (secondary N) is 2. The molecule has 1 aromatic carbocycles. The van der Waals surface area contributed by atoms with Gasteiger partial charge in [-0.25, -0.2) is 4.79 Å². The number of rotatable bonds is 4. The van der Waals surface area contributed by atoms with E-state index in [1.54, 1.807) is 6.07 Å². The summed E-state index contributed by atoms with van der Waals surface area (Å²) in [4.78, 5) is 34.5. The predicted molar refractivity (Wildman–Crippen MR) is 72.2 cm³/mol. The van der Waals surface area contributed by atoms with Crippen molar-refractivity contribution in [3.63, 3.8) is 0 Å². The number of carboxylic acid groups (broad SMARTS) is 1. The van der Waals surface area contributed by atoms with Crippen LogP contribution in [0.5, 0.6) is 5.75 Å². The highest BCUT2D eigenvalue weighted by Crippen LogP contribution is 2.33. The number of ether oxygens (including phenoxy) is 1. The van der Waals surface area contributed by atoms with Crippen molar-refractivity contribution in [3.05, 3.63) is 23.8 Å². The average molecular weight is 290 g/mol. The Labute approximate surface area is 120 Å². The normalized spacial score (nSPS) is 18.0. The number of benzene rings is 1. The molecular formula is C14H14N2O5. The fourth-order valence-electron chi connectivity index (χ4n) is 2.26. The van der Waals surface area contributed by atoms with Crippen LogP contribution in [0.15, 0.2) is 18.2 Å². The lowest BCUT2D eigenvalue weighted by molar-refractivity contribution is -0.139. The van der Waals surface area contributed by atoms with Gasteiger partial charge in [0.2, 0.25) is 0 Å². The second-order valence-corrected chi connectivity index (χ2v) is 5.17. The molecule has 1 atom stereocenters. The van der Waals surface area contributed by atoms with Gasteiger partial charge in [-0.3, -0.25) is 9.59 Å². The topological polar surface area (TPSA) is 105 Å². The highest BCUT2D eigenvalue weighted by atomic mass is 16.5. The molecule has 7 heteroatoms. The molecule has 0 spiro atoms. The lowest BCUT2D eigenvalue weighted by Gasteiger charge is -2.19. The fourth-order valence-corrected chi connectivity index (χ4v) is 2.26. The maximum Gasteiger partial charge on any atom is 0.326 e. The first-order valence-electron chi connectivity index (χ1n) is 6.65. The third-order valence-corrected chi connectivity index (χ3v) is 3.52. The SMILES string of the molecule is O=C1COc2ccc(C(=O)NC(C(=O)O)C3CC3)cc2N1. The largest absolute Gasteiger partial charge is 0.482 e. The van der Waals surface area contributed by atoms with Crippen molar-refractivity contribution in [1.82, 2.24) is 5.32 Å². The molecule has 1 fully saturated rings. The number of amides is 2. The van der Waals surface area contributed by atoms with E-state index in [-0.39, 0.29) is 24.0 Å². The molecule has 1 aliphatic carbocycles. The molecule has 1 aliphatic heterocycles. The second kappa shape index (κ2) is 5.08. The van der Waals surface area contributed by atoms with E-state index in [2.05, 4.69) is 10.6 Å². The molecule has 0 aromatic heterocycles. The maximum atomic E-state index is 12.1. The highest BCUT2D eigenvalue weighted by molar-refractivity contribution is 6.00. The molecule has 2 amide bonds.